The van der Waals surface area contributed by atoms with Crippen LogP contribution >= 0.6 is 0 Å². The van der Waals surface area contributed by atoms with Gasteiger partial charge in [-0.3, -0.25) is 9.59 Å². The van der Waals surface area contributed by atoms with E-state index in [0.29, 0.717) is 18.1 Å². The number of nitrogens with one attached hydrogen (secondary N) is 1. The second-order valence-corrected chi connectivity index (χ2v) is 9.20. The van der Waals surface area contributed by atoms with Crippen LogP contribution in [0, 0.1) is 0 Å². The maximum Gasteiger partial charge on any atom is 0.277 e. The molecule has 8 heteroatoms. The Bertz CT molecular complexity index is 1340. The van der Waals surface area contributed by atoms with E-state index >= 15 is 0 Å². The lowest BCUT2D eigenvalue weighted by atomic mass is 9.92. The maximum atomic E-state index is 13.1. The molecule has 0 aliphatic heterocycles. The number of anilines is 1. The van der Waals surface area contributed by atoms with E-state index in [0.717, 1.165) is 11.3 Å². The van der Waals surface area contributed by atoms with Crippen LogP contribution in [0.4, 0.5) is 5.82 Å². The molecule has 0 fully saturated rings. The quantitative estimate of drug-likeness (QED) is 0.418. The number of para-hydroxylation sites is 1. The van der Waals surface area contributed by atoms with Crippen molar-refractivity contribution in [3.8, 4) is 5.75 Å². The van der Waals surface area contributed by atoms with Gasteiger partial charge in [0.05, 0.1) is 18.8 Å². The lowest BCUT2D eigenvalue weighted by Gasteiger charge is -2.14. The van der Waals surface area contributed by atoms with Crippen LogP contribution < -0.4 is 15.6 Å². The van der Waals surface area contributed by atoms with Gasteiger partial charge in [-0.1, -0.05) is 69.3 Å². The number of benzene rings is 2. The van der Waals surface area contributed by atoms with Crippen molar-refractivity contribution < 1.29 is 9.53 Å². The number of carbonyl (C=O) groups excluding carboxylic acids is 1. The first-order valence-corrected chi connectivity index (χ1v) is 11.5. The molecule has 0 spiro atoms. The zero-order valence-electron chi connectivity index (χ0n) is 20.1. The van der Waals surface area contributed by atoms with Gasteiger partial charge >= 0.3 is 0 Å². The van der Waals surface area contributed by atoms with E-state index in [-0.39, 0.29) is 29.8 Å². The normalized spacial score (nSPS) is 11.3. The molecule has 0 saturated heterocycles. The molecule has 1 amide bonds. The third-order valence-corrected chi connectivity index (χ3v) is 5.38. The third-order valence-electron chi connectivity index (χ3n) is 5.38. The van der Waals surface area contributed by atoms with Gasteiger partial charge in [0.1, 0.15) is 23.9 Å². The fourth-order valence-corrected chi connectivity index (χ4v) is 3.44. The van der Waals surface area contributed by atoms with E-state index in [2.05, 4.69) is 31.2 Å². The number of nitrogens with zero attached hydrogens (tertiary/aromatic N) is 4. The summed E-state index contributed by atoms with van der Waals surface area (Å²) in [4.78, 5) is 25.3. The Morgan fingerprint density at radius 2 is 1.60 bits per heavy atom. The lowest BCUT2D eigenvalue weighted by molar-refractivity contribution is 0.101. The van der Waals surface area contributed by atoms with Gasteiger partial charge < -0.3 is 10.1 Å². The van der Waals surface area contributed by atoms with Crippen molar-refractivity contribution in [3.63, 3.8) is 0 Å². The van der Waals surface area contributed by atoms with Crippen LogP contribution in [0.2, 0.25) is 0 Å². The van der Waals surface area contributed by atoms with Gasteiger partial charge in [0.25, 0.3) is 11.5 Å². The average Bonchev–Trinajstić information content (AvgIpc) is 3.24. The summed E-state index contributed by atoms with van der Waals surface area (Å²) in [6.07, 6.45) is 0. The Morgan fingerprint density at radius 3 is 2.29 bits per heavy atom. The molecule has 2 heterocycles. The van der Waals surface area contributed by atoms with Gasteiger partial charge in [-0.25, -0.2) is 9.36 Å². The average molecular weight is 472 g/mol. The molecule has 0 radical (unpaired) electrons. The first kappa shape index (κ1) is 23.9. The summed E-state index contributed by atoms with van der Waals surface area (Å²) in [6, 6.07) is 23.9. The summed E-state index contributed by atoms with van der Waals surface area (Å²) >= 11 is 0. The molecule has 0 saturated carbocycles. The predicted octanol–water partition coefficient (Wildman–Crippen LogP) is 4.12. The second-order valence-electron chi connectivity index (χ2n) is 9.20. The molecule has 0 unspecified atom stereocenters. The van der Waals surface area contributed by atoms with Crippen LogP contribution in [0.1, 0.15) is 42.5 Å². The van der Waals surface area contributed by atoms with Crippen molar-refractivity contribution in [1.29, 1.82) is 0 Å². The standard InChI is InChI=1S/C27H29N5O3/c1-27(2,3)23-18-24(32(30-23)19-20-10-6-4-7-11-20)28-26(34)22-14-15-25(33)31(29-22)16-17-35-21-12-8-5-9-13-21/h4-15,18H,16-17,19H2,1-3H3,(H,28,34). The number of ether oxygens (including phenoxy) is 1. The Balaban J connectivity index is 1.51. The molecule has 1 N–H and O–H groups in total. The minimum atomic E-state index is -0.419. The molecule has 0 bridgehead atoms. The summed E-state index contributed by atoms with van der Waals surface area (Å²) in [5, 5.41) is 11.9. The van der Waals surface area contributed by atoms with Crippen LogP contribution in [-0.2, 0) is 18.5 Å². The highest BCUT2D eigenvalue weighted by molar-refractivity contribution is 6.02. The van der Waals surface area contributed by atoms with Crippen LogP contribution in [0.15, 0.2) is 83.7 Å². The Hall–Kier alpha value is -4.20. The minimum absolute atomic E-state index is 0.133. The Morgan fingerprint density at radius 1 is 0.914 bits per heavy atom. The first-order chi connectivity index (χ1) is 16.8. The van der Waals surface area contributed by atoms with Gasteiger partial charge in [-0.15, -0.1) is 0 Å². The molecule has 2 aromatic carbocycles. The van der Waals surface area contributed by atoms with Crippen LogP contribution in [-0.4, -0.2) is 32.1 Å². The van der Waals surface area contributed by atoms with Crippen LogP contribution in [0.5, 0.6) is 5.75 Å². The van der Waals surface area contributed by atoms with E-state index in [1.165, 1.54) is 16.8 Å². The maximum absolute atomic E-state index is 13.1. The van der Waals surface area contributed by atoms with Crippen LogP contribution in [0.3, 0.4) is 0 Å². The van der Waals surface area contributed by atoms with Crippen molar-refractivity contribution in [2.24, 2.45) is 0 Å². The highest BCUT2D eigenvalue weighted by atomic mass is 16.5. The molecule has 0 aliphatic carbocycles. The molecule has 2 aromatic heterocycles. The second kappa shape index (κ2) is 10.4. The van der Waals surface area contributed by atoms with Crippen molar-refractivity contribution in [3.05, 3.63) is 106 Å². The molecule has 180 valence electrons. The van der Waals surface area contributed by atoms with Crippen molar-refractivity contribution in [2.45, 2.75) is 39.3 Å². The molecular weight excluding hydrogens is 442 g/mol. The zero-order chi connectivity index (χ0) is 24.8. The summed E-state index contributed by atoms with van der Waals surface area (Å²) in [6.45, 7) is 7.19. The number of hydrogen-bond donors (Lipinski definition) is 1. The SMILES string of the molecule is CC(C)(C)c1cc(NC(=O)c2ccc(=O)n(CCOc3ccccc3)n2)n(Cc2ccccc2)n1. The fraction of sp³-hybridized carbons (Fsp3) is 0.259. The molecule has 4 aromatic rings. The minimum Gasteiger partial charge on any atom is -0.492 e. The number of aromatic nitrogens is 4. The summed E-state index contributed by atoms with van der Waals surface area (Å²) < 4.78 is 8.67. The van der Waals surface area contributed by atoms with Crippen LogP contribution in [0.25, 0.3) is 0 Å². The first-order valence-electron chi connectivity index (χ1n) is 11.5. The summed E-state index contributed by atoms with van der Waals surface area (Å²) in [7, 11) is 0. The highest BCUT2D eigenvalue weighted by Gasteiger charge is 2.22. The Labute approximate surface area is 204 Å². The van der Waals surface area contributed by atoms with E-state index in [9.17, 15) is 9.59 Å². The molecule has 35 heavy (non-hydrogen) atoms. The largest absolute Gasteiger partial charge is 0.492 e. The summed E-state index contributed by atoms with van der Waals surface area (Å²) in [5.41, 5.74) is 1.57. The van der Waals surface area contributed by atoms with Gasteiger partial charge in [0.15, 0.2) is 0 Å². The number of carbonyl (C=O) groups is 1. The third kappa shape index (κ3) is 6.23. The van der Waals surface area contributed by atoms with Crippen molar-refractivity contribution in [2.75, 3.05) is 11.9 Å². The number of hydrogen-bond acceptors (Lipinski definition) is 5. The predicted molar refractivity (Wildman–Crippen MR) is 135 cm³/mol. The monoisotopic (exact) mass is 471 g/mol. The van der Waals surface area contributed by atoms with E-state index in [4.69, 9.17) is 9.84 Å². The van der Waals surface area contributed by atoms with Crippen molar-refractivity contribution >= 4 is 11.7 Å². The fourth-order valence-electron chi connectivity index (χ4n) is 3.44. The molecule has 0 atom stereocenters. The van der Waals surface area contributed by atoms with Gasteiger partial charge in [0, 0.05) is 17.5 Å². The topological polar surface area (TPSA) is 91.0 Å². The van der Waals surface area contributed by atoms with Crippen molar-refractivity contribution in [1.82, 2.24) is 19.6 Å². The Kier molecular flexibility index (Phi) is 7.10. The highest BCUT2D eigenvalue weighted by Crippen LogP contribution is 2.25. The molecule has 0 aliphatic rings. The molecule has 4 rings (SSSR count). The molecule has 8 nitrogen and oxygen atoms in total. The summed E-state index contributed by atoms with van der Waals surface area (Å²) in [5.74, 6) is 0.851. The number of amides is 1. The van der Waals surface area contributed by atoms with E-state index in [1.54, 1.807) is 4.68 Å². The van der Waals surface area contributed by atoms with Gasteiger partial charge in [0.2, 0.25) is 0 Å². The smallest absolute Gasteiger partial charge is 0.277 e. The van der Waals surface area contributed by atoms with E-state index in [1.807, 2.05) is 66.7 Å². The van der Waals surface area contributed by atoms with Gasteiger partial charge in [-0.05, 0) is 23.8 Å². The zero-order valence-corrected chi connectivity index (χ0v) is 20.1. The number of rotatable bonds is 8. The van der Waals surface area contributed by atoms with Gasteiger partial charge in [-0.2, -0.15) is 10.2 Å². The molecular formula is C27H29N5O3. The lowest BCUT2D eigenvalue weighted by Crippen LogP contribution is -2.28. The van der Waals surface area contributed by atoms with E-state index < -0.39 is 5.91 Å².